The summed E-state index contributed by atoms with van der Waals surface area (Å²) in [4.78, 5) is 10.9. The second-order valence-corrected chi connectivity index (χ2v) is 4.67. The third-order valence-electron chi connectivity index (χ3n) is 2.92. The van der Waals surface area contributed by atoms with Gasteiger partial charge in [0.25, 0.3) is 0 Å². The molecule has 0 aliphatic carbocycles. The van der Waals surface area contributed by atoms with Gasteiger partial charge in [0.15, 0.2) is 5.69 Å². The number of carboxylic acid groups (broad SMARTS) is 1. The van der Waals surface area contributed by atoms with Crippen LogP contribution in [0.1, 0.15) is 28.5 Å². The summed E-state index contributed by atoms with van der Waals surface area (Å²) in [6.07, 6.45) is -3.53. The van der Waals surface area contributed by atoms with Crippen molar-refractivity contribution < 1.29 is 23.1 Å². The zero-order valence-corrected chi connectivity index (χ0v) is 11.5. The molecule has 21 heavy (non-hydrogen) atoms. The zero-order chi connectivity index (χ0) is 15.8. The molecule has 0 amide bonds. The van der Waals surface area contributed by atoms with Crippen LogP contribution < -0.4 is 0 Å². The predicted molar refractivity (Wildman–Crippen MR) is 69.9 cm³/mol. The summed E-state index contributed by atoms with van der Waals surface area (Å²) < 4.78 is 39.8. The molecule has 0 saturated heterocycles. The van der Waals surface area contributed by atoms with Gasteiger partial charge in [-0.05, 0) is 24.1 Å². The fourth-order valence-electron chi connectivity index (χ4n) is 1.90. The average Bonchev–Trinajstić information content (AvgIpc) is 2.83. The van der Waals surface area contributed by atoms with Crippen molar-refractivity contribution in [3.63, 3.8) is 0 Å². The lowest BCUT2D eigenvalue weighted by Crippen LogP contribution is -2.17. The van der Waals surface area contributed by atoms with Crippen molar-refractivity contribution in [3.8, 4) is 5.69 Å². The molecule has 2 aromatic rings. The van der Waals surface area contributed by atoms with Crippen molar-refractivity contribution in [2.24, 2.45) is 0 Å². The van der Waals surface area contributed by atoms with Crippen molar-refractivity contribution in [2.45, 2.75) is 19.5 Å². The topological polar surface area (TPSA) is 55.1 Å². The van der Waals surface area contributed by atoms with Gasteiger partial charge < -0.3 is 5.11 Å². The molecule has 1 aromatic heterocycles. The maximum Gasteiger partial charge on any atom is 0.434 e. The largest absolute Gasteiger partial charge is 0.478 e. The SMILES string of the molecule is CCc1ccc(-n2ncc(C(=O)O)c2C(F)(F)F)c(Cl)c1. The van der Waals surface area contributed by atoms with Crippen molar-refractivity contribution in [1.82, 2.24) is 9.78 Å². The smallest absolute Gasteiger partial charge is 0.434 e. The molecule has 0 fully saturated rings. The Hall–Kier alpha value is -2.02. The number of alkyl halides is 3. The molecule has 0 spiro atoms. The molecular formula is C13H10ClF3N2O2. The van der Waals surface area contributed by atoms with Gasteiger partial charge in [0, 0.05) is 0 Å². The van der Waals surface area contributed by atoms with Gasteiger partial charge in [-0.25, -0.2) is 9.48 Å². The minimum Gasteiger partial charge on any atom is -0.478 e. The van der Waals surface area contributed by atoms with Gasteiger partial charge in [0.1, 0.15) is 5.56 Å². The van der Waals surface area contributed by atoms with Crippen LogP contribution in [0.15, 0.2) is 24.4 Å². The number of nitrogens with zero attached hydrogens (tertiary/aromatic N) is 2. The molecule has 0 saturated carbocycles. The number of aromatic carboxylic acids is 1. The molecule has 0 atom stereocenters. The van der Waals surface area contributed by atoms with Gasteiger partial charge in [-0.2, -0.15) is 18.3 Å². The molecule has 112 valence electrons. The van der Waals surface area contributed by atoms with E-state index in [2.05, 4.69) is 5.10 Å². The first-order valence-corrected chi connectivity index (χ1v) is 6.30. The number of benzene rings is 1. The van der Waals surface area contributed by atoms with Crippen LogP contribution in [0.3, 0.4) is 0 Å². The highest BCUT2D eigenvalue weighted by atomic mass is 35.5. The molecule has 0 unspecified atom stereocenters. The van der Waals surface area contributed by atoms with Gasteiger partial charge in [0.05, 0.1) is 16.9 Å². The van der Waals surface area contributed by atoms with Crippen molar-refractivity contribution in [2.75, 3.05) is 0 Å². The number of rotatable bonds is 3. The lowest BCUT2D eigenvalue weighted by molar-refractivity contribution is -0.143. The summed E-state index contributed by atoms with van der Waals surface area (Å²) >= 11 is 5.98. The summed E-state index contributed by atoms with van der Waals surface area (Å²) in [6, 6.07) is 4.53. The fraction of sp³-hybridized carbons (Fsp3) is 0.231. The van der Waals surface area contributed by atoms with Crippen LogP contribution >= 0.6 is 11.6 Å². The minimum atomic E-state index is -4.86. The molecule has 0 bridgehead atoms. The van der Waals surface area contributed by atoms with E-state index in [4.69, 9.17) is 16.7 Å². The standard InChI is InChI=1S/C13H10ClF3N2O2/c1-2-7-3-4-10(9(14)5-7)19-11(13(15,16)17)8(6-18-19)12(20)21/h3-6H,2H2,1H3,(H,20,21). The van der Waals surface area contributed by atoms with Crippen LogP contribution in [-0.4, -0.2) is 20.9 Å². The van der Waals surface area contributed by atoms with E-state index in [0.29, 0.717) is 17.3 Å². The van der Waals surface area contributed by atoms with Crippen molar-refractivity contribution >= 4 is 17.6 Å². The molecule has 8 heteroatoms. The number of aryl methyl sites for hydroxylation is 1. The molecule has 1 heterocycles. The Kier molecular flexibility index (Phi) is 3.95. The number of carbonyl (C=O) groups is 1. The Morgan fingerprint density at radius 1 is 1.43 bits per heavy atom. The van der Waals surface area contributed by atoms with E-state index in [1.54, 1.807) is 6.07 Å². The minimum absolute atomic E-state index is 0.0197. The average molecular weight is 319 g/mol. The van der Waals surface area contributed by atoms with Crippen LogP contribution in [0, 0.1) is 0 Å². The van der Waals surface area contributed by atoms with E-state index in [1.807, 2.05) is 6.92 Å². The van der Waals surface area contributed by atoms with Gasteiger partial charge in [0.2, 0.25) is 0 Å². The van der Waals surface area contributed by atoms with Crippen LogP contribution in [0.2, 0.25) is 5.02 Å². The maximum absolute atomic E-state index is 13.1. The molecule has 4 nitrogen and oxygen atoms in total. The van der Waals surface area contributed by atoms with Crippen LogP contribution in [0.5, 0.6) is 0 Å². The van der Waals surface area contributed by atoms with E-state index < -0.39 is 23.4 Å². The fourth-order valence-corrected chi connectivity index (χ4v) is 2.19. The second kappa shape index (κ2) is 5.40. The second-order valence-electron chi connectivity index (χ2n) is 4.26. The van der Waals surface area contributed by atoms with Crippen LogP contribution in [0.4, 0.5) is 13.2 Å². The molecule has 1 N–H and O–H groups in total. The number of hydrogen-bond donors (Lipinski definition) is 1. The number of halogens is 4. The summed E-state index contributed by atoms with van der Waals surface area (Å²) in [5.41, 5.74) is -1.45. The lowest BCUT2D eigenvalue weighted by atomic mass is 10.1. The highest BCUT2D eigenvalue weighted by Gasteiger charge is 2.40. The Balaban J connectivity index is 2.68. The highest BCUT2D eigenvalue weighted by Crippen LogP contribution is 2.35. The van der Waals surface area contributed by atoms with E-state index in [1.165, 1.54) is 12.1 Å². The first-order valence-electron chi connectivity index (χ1n) is 5.93. The normalized spacial score (nSPS) is 11.7. The van der Waals surface area contributed by atoms with Crippen LogP contribution in [-0.2, 0) is 12.6 Å². The molecule has 0 aliphatic heterocycles. The summed E-state index contributed by atoms with van der Waals surface area (Å²) in [6.45, 7) is 1.88. The Labute approximate surface area is 122 Å². The molecule has 1 aromatic carbocycles. The third kappa shape index (κ3) is 2.87. The van der Waals surface area contributed by atoms with Gasteiger partial charge in [-0.3, -0.25) is 0 Å². The number of carboxylic acids is 1. The van der Waals surface area contributed by atoms with Gasteiger partial charge in [-0.1, -0.05) is 24.6 Å². The first-order chi connectivity index (χ1) is 9.75. The summed E-state index contributed by atoms with van der Waals surface area (Å²) in [7, 11) is 0. The van der Waals surface area contributed by atoms with Crippen LogP contribution in [0.25, 0.3) is 5.69 Å². The summed E-state index contributed by atoms with van der Waals surface area (Å²) in [5.74, 6) is -1.70. The Morgan fingerprint density at radius 3 is 2.57 bits per heavy atom. The zero-order valence-electron chi connectivity index (χ0n) is 10.8. The van der Waals surface area contributed by atoms with Crippen molar-refractivity contribution in [1.29, 1.82) is 0 Å². The van der Waals surface area contributed by atoms with Crippen molar-refractivity contribution in [3.05, 3.63) is 46.2 Å². The lowest BCUT2D eigenvalue weighted by Gasteiger charge is -2.13. The van der Waals surface area contributed by atoms with E-state index in [9.17, 15) is 18.0 Å². The monoisotopic (exact) mass is 318 g/mol. The highest BCUT2D eigenvalue weighted by molar-refractivity contribution is 6.32. The molecule has 0 radical (unpaired) electrons. The molecule has 2 rings (SSSR count). The Morgan fingerprint density at radius 2 is 2.10 bits per heavy atom. The van der Waals surface area contributed by atoms with Gasteiger partial charge >= 0.3 is 12.1 Å². The maximum atomic E-state index is 13.1. The van der Waals surface area contributed by atoms with E-state index in [-0.39, 0.29) is 10.7 Å². The first kappa shape index (κ1) is 15.4. The summed E-state index contributed by atoms with van der Waals surface area (Å²) in [5, 5.41) is 12.4. The quantitative estimate of drug-likeness (QED) is 0.936. The number of hydrogen-bond acceptors (Lipinski definition) is 2. The molecule has 0 aliphatic rings. The van der Waals surface area contributed by atoms with E-state index in [0.717, 1.165) is 5.56 Å². The number of aromatic nitrogens is 2. The third-order valence-corrected chi connectivity index (χ3v) is 3.22. The predicted octanol–water partition coefficient (Wildman–Crippen LogP) is 3.81. The van der Waals surface area contributed by atoms with E-state index >= 15 is 0 Å². The molecular weight excluding hydrogens is 309 g/mol. The van der Waals surface area contributed by atoms with Gasteiger partial charge in [-0.15, -0.1) is 0 Å². The Bertz CT molecular complexity index is 695.